The lowest BCUT2D eigenvalue weighted by Crippen LogP contribution is -2.38. The molecule has 1 saturated heterocycles. The van der Waals surface area contributed by atoms with Crippen LogP contribution in [0.2, 0.25) is 0 Å². The first kappa shape index (κ1) is 26.0. The zero-order valence-corrected chi connectivity index (χ0v) is 20.9. The highest BCUT2D eigenvalue weighted by atomic mass is 32.2. The zero-order chi connectivity index (χ0) is 26.4. The Labute approximate surface area is 213 Å². The lowest BCUT2D eigenvalue weighted by molar-refractivity contribution is -0.137. The van der Waals surface area contributed by atoms with Crippen molar-refractivity contribution < 1.29 is 35.5 Å². The molecular weight excluding hydrogens is 512 g/mol. The smallest absolute Gasteiger partial charge is 0.416 e. The van der Waals surface area contributed by atoms with E-state index in [0.717, 1.165) is 36.1 Å². The fourth-order valence-electron chi connectivity index (χ4n) is 4.70. The lowest BCUT2D eigenvalue weighted by Gasteiger charge is -2.32. The van der Waals surface area contributed by atoms with Crippen molar-refractivity contribution in [2.24, 2.45) is 0 Å². The Bertz CT molecular complexity index is 1260. The van der Waals surface area contributed by atoms with E-state index in [9.17, 15) is 30.8 Å². The minimum Gasteiger partial charge on any atom is -0.490 e. The zero-order valence-electron chi connectivity index (χ0n) is 20.1. The molecule has 5 rings (SSSR count). The number of sulfonamides is 1. The molecule has 11 heteroatoms. The van der Waals surface area contributed by atoms with Gasteiger partial charge in [0.15, 0.2) is 0 Å². The average Bonchev–Trinajstić information content (AvgIpc) is 3.73. The van der Waals surface area contributed by atoms with Gasteiger partial charge in [-0.2, -0.15) is 13.2 Å². The van der Waals surface area contributed by atoms with Gasteiger partial charge >= 0.3 is 6.18 Å². The van der Waals surface area contributed by atoms with E-state index in [2.05, 4.69) is 4.90 Å². The summed E-state index contributed by atoms with van der Waals surface area (Å²) in [4.78, 5) is 14.7. The first-order valence-corrected chi connectivity index (χ1v) is 14.0. The fourth-order valence-corrected chi connectivity index (χ4v) is 6.00. The predicted molar refractivity (Wildman–Crippen MR) is 128 cm³/mol. The van der Waals surface area contributed by atoms with Gasteiger partial charge in [-0.1, -0.05) is 0 Å². The summed E-state index contributed by atoms with van der Waals surface area (Å²) in [5.74, 6) is -1.06. The normalized spacial score (nSPS) is 19.6. The maximum Gasteiger partial charge on any atom is 0.416 e. The number of likely N-dealkylation sites (tertiary alicyclic amines) is 1. The van der Waals surface area contributed by atoms with Crippen LogP contribution in [0.25, 0.3) is 0 Å². The van der Waals surface area contributed by atoms with E-state index in [0.29, 0.717) is 51.1 Å². The molecule has 3 aliphatic rings. The van der Waals surface area contributed by atoms with Crippen LogP contribution in [0.3, 0.4) is 0 Å². The number of nitrogens with one attached hydrogen (secondary N) is 1. The molecule has 6 nitrogen and oxygen atoms in total. The molecule has 0 radical (unpaired) electrons. The molecule has 0 atom stereocenters. The van der Waals surface area contributed by atoms with Crippen LogP contribution in [-0.2, 0) is 22.7 Å². The third-order valence-electron chi connectivity index (χ3n) is 7.10. The van der Waals surface area contributed by atoms with Crippen LogP contribution in [0, 0.1) is 5.82 Å². The van der Waals surface area contributed by atoms with Gasteiger partial charge in [0.25, 0.3) is 5.91 Å². The first-order valence-electron chi connectivity index (χ1n) is 12.4. The van der Waals surface area contributed by atoms with Crippen molar-refractivity contribution in [2.75, 3.05) is 13.1 Å². The van der Waals surface area contributed by atoms with Gasteiger partial charge in [0.05, 0.1) is 16.4 Å². The monoisotopic (exact) mass is 540 g/mol. The Morgan fingerprint density at radius 2 is 1.65 bits per heavy atom. The number of amides is 1. The summed E-state index contributed by atoms with van der Waals surface area (Å²) >= 11 is 0. The van der Waals surface area contributed by atoms with E-state index < -0.39 is 38.7 Å². The Morgan fingerprint density at radius 1 is 1.00 bits per heavy atom. The molecule has 2 aromatic rings. The third-order valence-corrected chi connectivity index (χ3v) is 8.92. The Morgan fingerprint density at radius 3 is 2.22 bits per heavy atom. The number of hydrogen-bond acceptors (Lipinski definition) is 5. The number of ether oxygens (including phenoxy) is 1. The molecule has 200 valence electrons. The van der Waals surface area contributed by atoms with E-state index in [1.54, 1.807) is 0 Å². The fraction of sp³-hybridized carbons (Fsp3) is 0.500. The summed E-state index contributed by atoms with van der Waals surface area (Å²) in [5.41, 5.74) is 0.683. The highest BCUT2D eigenvalue weighted by Gasteiger charge is 2.38. The second-order valence-electron chi connectivity index (χ2n) is 10.1. The molecule has 1 amide bonds. The van der Waals surface area contributed by atoms with Gasteiger partial charge in [0.1, 0.15) is 17.7 Å². The molecule has 1 heterocycles. The van der Waals surface area contributed by atoms with Gasteiger partial charge in [0.2, 0.25) is 10.0 Å². The molecular formula is C26H28F4N2O4S. The predicted octanol–water partition coefficient (Wildman–Crippen LogP) is 4.99. The second kappa shape index (κ2) is 9.90. The lowest BCUT2D eigenvalue weighted by atomic mass is 9.97. The maximum atomic E-state index is 15.0. The number of nitrogens with zero attached hydrogens (tertiary/aromatic N) is 1. The number of carbonyl (C=O) groups excluding carboxylic acids is 1. The molecule has 2 aliphatic carbocycles. The van der Waals surface area contributed by atoms with Crippen LogP contribution < -0.4 is 9.46 Å². The van der Waals surface area contributed by atoms with Crippen LogP contribution in [0.15, 0.2) is 36.4 Å². The number of benzene rings is 2. The van der Waals surface area contributed by atoms with Crippen molar-refractivity contribution in [1.82, 2.24) is 9.62 Å². The summed E-state index contributed by atoms with van der Waals surface area (Å²) in [5, 5.41) is -0.576. The molecule has 1 aliphatic heterocycles. The summed E-state index contributed by atoms with van der Waals surface area (Å²) in [6.45, 7) is 1.82. The summed E-state index contributed by atoms with van der Waals surface area (Å²) in [7, 11) is -3.77. The molecule has 2 aromatic carbocycles. The number of alkyl halides is 3. The van der Waals surface area contributed by atoms with Crippen LogP contribution >= 0.6 is 0 Å². The van der Waals surface area contributed by atoms with Crippen molar-refractivity contribution in [3.8, 4) is 5.75 Å². The maximum absolute atomic E-state index is 15.0. The number of hydrogen-bond donors (Lipinski definition) is 1. The topological polar surface area (TPSA) is 75.7 Å². The molecule has 0 bridgehead atoms. The molecule has 0 unspecified atom stereocenters. The van der Waals surface area contributed by atoms with E-state index >= 15 is 0 Å². The van der Waals surface area contributed by atoms with E-state index in [1.165, 1.54) is 24.3 Å². The quantitative estimate of drug-likeness (QED) is 0.478. The molecule has 3 fully saturated rings. The third kappa shape index (κ3) is 6.26. The molecule has 0 spiro atoms. The van der Waals surface area contributed by atoms with E-state index in [-0.39, 0.29) is 17.6 Å². The Kier molecular flexibility index (Phi) is 6.95. The summed E-state index contributed by atoms with van der Waals surface area (Å²) < 4.78 is 85.3. The molecule has 37 heavy (non-hydrogen) atoms. The van der Waals surface area contributed by atoms with Crippen molar-refractivity contribution in [2.45, 2.75) is 68.5 Å². The largest absolute Gasteiger partial charge is 0.490 e. The van der Waals surface area contributed by atoms with Gasteiger partial charge in [-0.05, 0) is 92.0 Å². The van der Waals surface area contributed by atoms with Crippen molar-refractivity contribution in [3.63, 3.8) is 0 Å². The molecule has 1 N–H and O–H groups in total. The van der Waals surface area contributed by atoms with Crippen LogP contribution in [0.4, 0.5) is 17.6 Å². The molecule has 0 aromatic heterocycles. The standard InChI is InChI=1S/C26H28F4N2O4S/c27-24-13-17(22(16-1-2-16)14-23(24)25(33)31-37(34,35)21-7-8-21)15-32-11-9-20(10-12-32)36-19-5-3-18(4-6-19)26(28,29)30/h3-6,13-14,16,20-21H,1-2,7-12,15H2,(H,31,33). The minimum absolute atomic E-state index is 0.132. The Balaban J connectivity index is 1.20. The van der Waals surface area contributed by atoms with Crippen molar-refractivity contribution in [1.29, 1.82) is 0 Å². The molecule has 2 saturated carbocycles. The van der Waals surface area contributed by atoms with Crippen LogP contribution in [-0.4, -0.2) is 43.7 Å². The number of carbonyl (C=O) groups is 1. The number of piperidine rings is 1. The second-order valence-corrected chi connectivity index (χ2v) is 12.1. The van der Waals surface area contributed by atoms with Crippen molar-refractivity contribution >= 4 is 15.9 Å². The van der Waals surface area contributed by atoms with Gasteiger partial charge in [-0.25, -0.2) is 17.5 Å². The highest BCUT2D eigenvalue weighted by Crippen LogP contribution is 2.43. The number of rotatable bonds is 8. The Hall–Kier alpha value is -2.66. The minimum atomic E-state index is -4.39. The van der Waals surface area contributed by atoms with E-state index in [4.69, 9.17) is 4.74 Å². The van der Waals surface area contributed by atoms with Gasteiger partial charge < -0.3 is 4.74 Å². The van der Waals surface area contributed by atoms with Gasteiger partial charge in [-0.15, -0.1) is 0 Å². The van der Waals surface area contributed by atoms with Crippen LogP contribution in [0.1, 0.15) is 71.5 Å². The summed E-state index contributed by atoms with van der Waals surface area (Å²) in [6.07, 6.45) is -0.311. The van der Waals surface area contributed by atoms with E-state index in [1.807, 2.05) is 4.72 Å². The van der Waals surface area contributed by atoms with Gasteiger partial charge in [0, 0.05) is 19.6 Å². The summed E-state index contributed by atoms with van der Waals surface area (Å²) in [6, 6.07) is 7.51. The van der Waals surface area contributed by atoms with Crippen LogP contribution in [0.5, 0.6) is 5.75 Å². The SMILES string of the molecule is O=C(NS(=O)(=O)C1CC1)c1cc(C2CC2)c(CN2CCC(Oc3ccc(C(F)(F)F)cc3)CC2)cc1F. The number of halogens is 4. The highest BCUT2D eigenvalue weighted by molar-refractivity contribution is 7.91. The van der Waals surface area contributed by atoms with Gasteiger partial charge in [-0.3, -0.25) is 9.69 Å². The van der Waals surface area contributed by atoms with Crippen molar-refractivity contribution in [3.05, 3.63) is 64.5 Å². The first-order chi connectivity index (χ1) is 17.5. The average molecular weight is 541 g/mol.